The van der Waals surface area contributed by atoms with E-state index in [-0.39, 0.29) is 43.2 Å². The summed E-state index contributed by atoms with van der Waals surface area (Å²) in [6.07, 6.45) is -1.88. The SMILES string of the molecule is CC(COC(C)C)NP(=O)(OCCSC(=O)C(C)(C)C)OCC1CC(F)(Cl)C(n2ccc(=O)[nH]c2=O)O1. The van der Waals surface area contributed by atoms with E-state index < -0.39 is 47.9 Å². The lowest BCUT2D eigenvalue weighted by Gasteiger charge is -2.25. The molecule has 37 heavy (non-hydrogen) atoms. The topological polar surface area (TPSA) is 138 Å². The van der Waals surface area contributed by atoms with Crippen LogP contribution in [0.1, 0.15) is 54.2 Å². The number of H-pyrrole nitrogens is 1. The molecule has 1 aromatic rings. The van der Waals surface area contributed by atoms with Crippen LogP contribution in [0.15, 0.2) is 21.9 Å². The number of nitrogens with one attached hydrogen (secondary N) is 2. The Bertz CT molecular complexity index is 1080. The van der Waals surface area contributed by atoms with Gasteiger partial charge in [-0.05, 0) is 20.8 Å². The average molecular weight is 588 g/mol. The third-order valence-corrected chi connectivity index (χ3v) is 8.32. The second-order valence-electron chi connectivity index (χ2n) is 10.0. The molecule has 0 radical (unpaired) electrons. The van der Waals surface area contributed by atoms with E-state index in [1.807, 2.05) is 18.8 Å². The van der Waals surface area contributed by atoms with Crippen molar-refractivity contribution in [2.75, 3.05) is 25.6 Å². The summed E-state index contributed by atoms with van der Waals surface area (Å²) in [4.78, 5) is 37.6. The van der Waals surface area contributed by atoms with Crippen LogP contribution in [-0.4, -0.2) is 63.6 Å². The number of alkyl halides is 2. The van der Waals surface area contributed by atoms with Crippen LogP contribution in [0.4, 0.5) is 4.39 Å². The van der Waals surface area contributed by atoms with Crippen molar-refractivity contribution in [3.63, 3.8) is 0 Å². The Morgan fingerprint density at radius 1 is 1.38 bits per heavy atom. The van der Waals surface area contributed by atoms with Crippen molar-refractivity contribution in [2.24, 2.45) is 5.41 Å². The summed E-state index contributed by atoms with van der Waals surface area (Å²) in [7, 11) is -3.95. The lowest BCUT2D eigenvalue weighted by atomic mass is 10.00. The summed E-state index contributed by atoms with van der Waals surface area (Å²) in [5.74, 6) is 0.244. The number of halogens is 2. The quantitative estimate of drug-likeness (QED) is 0.200. The Labute approximate surface area is 224 Å². The van der Waals surface area contributed by atoms with E-state index >= 15 is 4.39 Å². The first-order chi connectivity index (χ1) is 17.0. The maximum absolute atomic E-state index is 15.1. The number of carbonyl (C=O) groups is 1. The molecule has 2 rings (SSSR count). The van der Waals surface area contributed by atoms with E-state index in [2.05, 4.69) is 5.09 Å². The van der Waals surface area contributed by atoms with Crippen molar-refractivity contribution in [2.45, 2.75) is 77.6 Å². The van der Waals surface area contributed by atoms with E-state index in [9.17, 15) is 18.9 Å². The molecule has 212 valence electrons. The van der Waals surface area contributed by atoms with Gasteiger partial charge in [-0.1, -0.05) is 44.1 Å². The number of ether oxygens (including phenoxy) is 2. The second-order valence-corrected chi connectivity index (χ2v) is 13.5. The minimum atomic E-state index is -3.95. The molecule has 0 aliphatic carbocycles. The monoisotopic (exact) mass is 587 g/mol. The zero-order valence-electron chi connectivity index (χ0n) is 21.8. The van der Waals surface area contributed by atoms with Crippen molar-refractivity contribution in [1.82, 2.24) is 14.6 Å². The van der Waals surface area contributed by atoms with Crippen molar-refractivity contribution < 1.29 is 32.3 Å². The highest BCUT2D eigenvalue weighted by Crippen LogP contribution is 2.48. The molecular formula is C22H36ClFN3O8PS. The van der Waals surface area contributed by atoms with Crippen molar-refractivity contribution in [3.05, 3.63) is 33.1 Å². The van der Waals surface area contributed by atoms with Gasteiger partial charge in [0.25, 0.3) is 5.56 Å². The summed E-state index contributed by atoms with van der Waals surface area (Å²) in [5, 5.41) is 0.256. The fourth-order valence-electron chi connectivity index (χ4n) is 3.16. The molecule has 0 amide bonds. The fourth-order valence-corrected chi connectivity index (χ4v) is 5.93. The van der Waals surface area contributed by atoms with Gasteiger partial charge >= 0.3 is 13.4 Å². The van der Waals surface area contributed by atoms with Crippen LogP contribution >= 0.6 is 31.1 Å². The van der Waals surface area contributed by atoms with Gasteiger partial charge in [0.15, 0.2) is 11.3 Å². The van der Waals surface area contributed by atoms with Gasteiger partial charge in [0.2, 0.25) is 5.13 Å². The Balaban J connectivity index is 2.05. The van der Waals surface area contributed by atoms with Gasteiger partial charge < -0.3 is 9.47 Å². The minimum absolute atomic E-state index is 0.0391. The molecule has 15 heteroatoms. The van der Waals surface area contributed by atoms with Crippen LogP contribution in [-0.2, 0) is 27.9 Å². The maximum Gasteiger partial charge on any atom is 0.405 e. The molecule has 1 fully saturated rings. The van der Waals surface area contributed by atoms with Crippen molar-refractivity contribution in [3.8, 4) is 0 Å². The largest absolute Gasteiger partial charge is 0.405 e. The third-order valence-electron chi connectivity index (χ3n) is 4.96. The Morgan fingerprint density at radius 3 is 2.65 bits per heavy atom. The molecule has 0 bridgehead atoms. The maximum atomic E-state index is 15.1. The van der Waals surface area contributed by atoms with Gasteiger partial charge in [-0.15, -0.1) is 0 Å². The number of nitrogens with zero attached hydrogens (tertiary/aromatic N) is 1. The predicted octanol–water partition coefficient (Wildman–Crippen LogP) is 3.58. The summed E-state index contributed by atoms with van der Waals surface area (Å²) < 4.78 is 51.6. The van der Waals surface area contributed by atoms with Gasteiger partial charge in [0.1, 0.15) is 0 Å². The van der Waals surface area contributed by atoms with Gasteiger partial charge in [-0.3, -0.25) is 28.2 Å². The van der Waals surface area contributed by atoms with Crippen LogP contribution in [0.2, 0.25) is 0 Å². The van der Waals surface area contributed by atoms with Gasteiger partial charge in [-0.2, -0.15) is 0 Å². The van der Waals surface area contributed by atoms with Crippen LogP contribution in [0.25, 0.3) is 0 Å². The molecule has 1 aliphatic heterocycles. The van der Waals surface area contributed by atoms with Gasteiger partial charge in [-0.25, -0.2) is 18.8 Å². The number of aromatic amines is 1. The number of thioether (sulfide) groups is 1. The average Bonchev–Trinajstić information content (AvgIpc) is 3.07. The first-order valence-electron chi connectivity index (χ1n) is 11.8. The first-order valence-corrected chi connectivity index (χ1v) is 14.7. The molecule has 1 aliphatic rings. The zero-order chi connectivity index (χ0) is 28.0. The molecule has 5 atom stereocenters. The summed E-state index contributed by atoms with van der Waals surface area (Å²) in [5.41, 5.74) is -2.07. The number of rotatable bonds is 13. The normalized spacial score (nSPS) is 24.8. The fraction of sp³-hybridized carbons (Fsp3) is 0.773. The molecular weight excluding hydrogens is 552 g/mol. The number of hydrogen-bond donors (Lipinski definition) is 2. The lowest BCUT2D eigenvalue weighted by Crippen LogP contribution is -2.37. The van der Waals surface area contributed by atoms with E-state index in [0.717, 1.165) is 28.6 Å². The molecule has 1 aromatic heterocycles. The Morgan fingerprint density at radius 2 is 2.05 bits per heavy atom. The molecule has 11 nitrogen and oxygen atoms in total. The second kappa shape index (κ2) is 13.3. The smallest absolute Gasteiger partial charge is 0.377 e. The van der Waals surface area contributed by atoms with E-state index in [1.165, 1.54) is 0 Å². The molecule has 0 aromatic carbocycles. The first kappa shape index (κ1) is 32.2. The molecule has 1 saturated heterocycles. The lowest BCUT2D eigenvalue weighted by molar-refractivity contribution is -0.117. The third kappa shape index (κ3) is 10.2. The molecule has 0 spiro atoms. The number of carbonyl (C=O) groups excluding carboxylic acids is 1. The summed E-state index contributed by atoms with van der Waals surface area (Å²) in [6.45, 7) is 10.6. The number of hydrogen-bond acceptors (Lipinski definition) is 9. The summed E-state index contributed by atoms with van der Waals surface area (Å²) in [6, 6.07) is 0.610. The van der Waals surface area contributed by atoms with Gasteiger partial charge in [0, 0.05) is 35.9 Å². The molecule has 2 heterocycles. The van der Waals surface area contributed by atoms with E-state index in [4.69, 9.17) is 30.1 Å². The zero-order valence-corrected chi connectivity index (χ0v) is 24.3. The van der Waals surface area contributed by atoms with Crippen LogP contribution in [0.5, 0.6) is 0 Å². The summed E-state index contributed by atoms with van der Waals surface area (Å²) >= 11 is 7.04. The molecule has 2 N–H and O–H groups in total. The van der Waals surface area contributed by atoms with E-state index in [0.29, 0.717) is 0 Å². The highest BCUT2D eigenvalue weighted by molar-refractivity contribution is 8.13. The predicted molar refractivity (Wildman–Crippen MR) is 140 cm³/mol. The van der Waals surface area contributed by atoms with Crippen molar-refractivity contribution in [1.29, 1.82) is 0 Å². The Kier molecular flexibility index (Phi) is 11.6. The number of aromatic nitrogens is 2. The van der Waals surface area contributed by atoms with Gasteiger partial charge in [0.05, 0.1) is 32.0 Å². The molecule has 5 unspecified atom stereocenters. The standard InChI is InChI=1S/C22H36ClFN3O8PS/c1-14(2)32-12-15(3)26-36(31,33-9-10-37-19(29)21(4,5)6)34-13-16-11-22(23,24)18(35-16)27-8-7-17(28)25-20(27)30/h7-8,14-16,18H,9-13H2,1-6H3,(H,26,31)(H,25,28,30). The van der Waals surface area contributed by atoms with Crippen molar-refractivity contribution >= 4 is 36.2 Å². The Hall–Kier alpha value is -1.05. The van der Waals surface area contributed by atoms with Crippen LogP contribution in [0, 0.1) is 5.41 Å². The minimum Gasteiger partial charge on any atom is -0.377 e. The van der Waals surface area contributed by atoms with E-state index in [1.54, 1.807) is 27.7 Å². The molecule has 0 saturated carbocycles. The van der Waals surface area contributed by atoms with Crippen LogP contribution in [0.3, 0.4) is 0 Å². The van der Waals surface area contributed by atoms with Crippen LogP contribution < -0.4 is 16.3 Å². The highest BCUT2D eigenvalue weighted by atomic mass is 35.5. The highest BCUT2D eigenvalue weighted by Gasteiger charge is 2.50.